The minimum Gasteiger partial charge on any atom is -0.497 e. The number of methoxy groups -OCH3 is 2. The number of carbonyl (C=O) groups is 1. The molecule has 2 aromatic rings. The van der Waals surface area contributed by atoms with Crippen LogP contribution in [0.1, 0.15) is 11.1 Å². The Morgan fingerprint density at radius 3 is 2.56 bits per heavy atom. The van der Waals surface area contributed by atoms with Gasteiger partial charge in [0.15, 0.2) is 0 Å². The number of nitrogens with zero attached hydrogens (tertiary/aromatic N) is 1. The number of hydrogen-bond donors (Lipinski definition) is 1. The Hall–Kier alpha value is -3.35. The van der Waals surface area contributed by atoms with Crippen molar-refractivity contribution in [3.05, 3.63) is 63.7 Å². The summed E-state index contributed by atoms with van der Waals surface area (Å²) in [6, 6.07) is 9.54. The molecule has 0 unspecified atom stereocenters. The van der Waals surface area contributed by atoms with Crippen molar-refractivity contribution < 1.29 is 19.2 Å². The van der Waals surface area contributed by atoms with Crippen LogP contribution in [0.2, 0.25) is 0 Å². The second-order valence-electron chi connectivity index (χ2n) is 5.19. The van der Waals surface area contributed by atoms with Gasteiger partial charge in [0.25, 0.3) is 5.69 Å². The molecule has 0 fully saturated rings. The molecule has 0 aliphatic carbocycles. The summed E-state index contributed by atoms with van der Waals surface area (Å²) >= 11 is 0. The van der Waals surface area contributed by atoms with Crippen molar-refractivity contribution in [3.63, 3.8) is 0 Å². The molecule has 0 aliphatic rings. The summed E-state index contributed by atoms with van der Waals surface area (Å²) < 4.78 is 10.4. The van der Waals surface area contributed by atoms with Crippen molar-refractivity contribution in [1.82, 2.24) is 0 Å². The zero-order valence-corrected chi connectivity index (χ0v) is 14.1. The number of nitro groups is 1. The van der Waals surface area contributed by atoms with E-state index >= 15 is 0 Å². The normalized spacial score (nSPS) is 10.5. The van der Waals surface area contributed by atoms with Gasteiger partial charge in [-0.2, -0.15) is 0 Å². The fourth-order valence-corrected chi connectivity index (χ4v) is 2.15. The minimum atomic E-state index is -0.507. The second kappa shape index (κ2) is 7.96. The van der Waals surface area contributed by atoms with Gasteiger partial charge in [0.05, 0.1) is 24.8 Å². The van der Waals surface area contributed by atoms with Gasteiger partial charge in [0, 0.05) is 29.8 Å². The summed E-state index contributed by atoms with van der Waals surface area (Å²) in [4.78, 5) is 22.4. The van der Waals surface area contributed by atoms with Gasteiger partial charge < -0.3 is 14.8 Å². The number of nitro benzene ring substituents is 1. The molecule has 0 atom stereocenters. The van der Waals surface area contributed by atoms with Crippen LogP contribution in [-0.2, 0) is 4.79 Å². The summed E-state index contributed by atoms with van der Waals surface area (Å²) in [5.41, 5.74) is 1.75. The number of nitrogens with one attached hydrogen (secondary N) is 1. The molecule has 7 heteroatoms. The maximum atomic E-state index is 12.1. The summed E-state index contributed by atoms with van der Waals surface area (Å²) in [5.74, 6) is 0.807. The Balaban J connectivity index is 2.16. The smallest absolute Gasteiger partial charge is 0.271 e. The predicted octanol–water partition coefficient (Wildman–Crippen LogP) is 3.57. The third kappa shape index (κ3) is 4.57. The number of benzene rings is 2. The predicted molar refractivity (Wildman–Crippen MR) is 95.0 cm³/mol. The first kappa shape index (κ1) is 18.0. The molecule has 1 N–H and O–H groups in total. The maximum Gasteiger partial charge on any atom is 0.271 e. The molecule has 0 aromatic heterocycles. The number of anilines is 1. The SMILES string of the molecule is COc1ccc(C=CC(=O)Nc2cc([N+](=O)[O-])ccc2C)c(OC)c1. The number of ether oxygens (including phenoxy) is 2. The van der Waals surface area contributed by atoms with Crippen LogP contribution in [0, 0.1) is 17.0 Å². The largest absolute Gasteiger partial charge is 0.497 e. The standard InChI is InChI=1S/C18H18N2O5/c1-12-4-7-14(20(22)23)10-16(12)19-18(21)9-6-13-5-8-15(24-2)11-17(13)25-3/h4-11H,1-3H3,(H,19,21). The van der Waals surface area contributed by atoms with E-state index in [0.29, 0.717) is 22.7 Å². The average Bonchev–Trinajstić information content (AvgIpc) is 2.61. The molecule has 1 amide bonds. The number of amides is 1. The molecule has 0 saturated carbocycles. The van der Waals surface area contributed by atoms with Crippen molar-refractivity contribution >= 4 is 23.4 Å². The van der Waals surface area contributed by atoms with Crippen LogP contribution < -0.4 is 14.8 Å². The van der Waals surface area contributed by atoms with Crippen LogP contribution in [0.3, 0.4) is 0 Å². The monoisotopic (exact) mass is 342 g/mol. The summed E-state index contributed by atoms with van der Waals surface area (Å²) in [7, 11) is 3.08. The maximum absolute atomic E-state index is 12.1. The topological polar surface area (TPSA) is 90.7 Å². The molecular weight excluding hydrogens is 324 g/mol. The third-order valence-electron chi connectivity index (χ3n) is 3.54. The second-order valence-corrected chi connectivity index (χ2v) is 5.19. The Labute approximate surface area is 145 Å². The fraction of sp³-hybridized carbons (Fsp3) is 0.167. The third-order valence-corrected chi connectivity index (χ3v) is 3.54. The Bertz CT molecular complexity index is 830. The first-order valence-corrected chi connectivity index (χ1v) is 7.40. The zero-order chi connectivity index (χ0) is 18.4. The molecule has 25 heavy (non-hydrogen) atoms. The van der Waals surface area contributed by atoms with E-state index in [2.05, 4.69) is 5.32 Å². The lowest BCUT2D eigenvalue weighted by Gasteiger charge is -2.08. The van der Waals surface area contributed by atoms with E-state index in [-0.39, 0.29) is 5.69 Å². The molecule has 0 saturated heterocycles. The number of aryl methyl sites for hydroxylation is 1. The van der Waals surface area contributed by atoms with E-state index in [9.17, 15) is 14.9 Å². The van der Waals surface area contributed by atoms with E-state index in [1.807, 2.05) is 0 Å². The van der Waals surface area contributed by atoms with Crippen LogP contribution in [0.15, 0.2) is 42.5 Å². The van der Waals surface area contributed by atoms with E-state index in [4.69, 9.17) is 9.47 Å². The van der Waals surface area contributed by atoms with Gasteiger partial charge in [0.1, 0.15) is 11.5 Å². The number of carbonyl (C=O) groups excluding carboxylic acids is 1. The van der Waals surface area contributed by atoms with Crippen LogP contribution >= 0.6 is 0 Å². The number of rotatable bonds is 6. The van der Waals surface area contributed by atoms with Gasteiger partial charge in [-0.3, -0.25) is 14.9 Å². The van der Waals surface area contributed by atoms with Crippen molar-refractivity contribution in [1.29, 1.82) is 0 Å². The molecule has 0 heterocycles. The Morgan fingerprint density at radius 1 is 1.16 bits per heavy atom. The van der Waals surface area contributed by atoms with Gasteiger partial charge in [-0.25, -0.2) is 0 Å². The lowest BCUT2D eigenvalue weighted by atomic mass is 10.1. The first-order chi connectivity index (χ1) is 11.9. The summed E-state index contributed by atoms with van der Waals surface area (Å²) in [6.45, 7) is 1.76. The minimum absolute atomic E-state index is 0.0818. The molecular formula is C18H18N2O5. The van der Waals surface area contributed by atoms with E-state index in [1.165, 1.54) is 25.3 Å². The van der Waals surface area contributed by atoms with E-state index < -0.39 is 10.8 Å². The van der Waals surface area contributed by atoms with E-state index in [0.717, 1.165) is 5.56 Å². The molecule has 0 radical (unpaired) electrons. The highest BCUT2D eigenvalue weighted by atomic mass is 16.6. The van der Waals surface area contributed by atoms with Gasteiger partial charge in [0.2, 0.25) is 5.91 Å². The van der Waals surface area contributed by atoms with Crippen molar-refractivity contribution in [3.8, 4) is 11.5 Å². The molecule has 0 spiro atoms. The van der Waals surface area contributed by atoms with Gasteiger partial charge >= 0.3 is 0 Å². The number of non-ortho nitro benzene ring substituents is 1. The van der Waals surface area contributed by atoms with Gasteiger partial charge in [-0.15, -0.1) is 0 Å². The average molecular weight is 342 g/mol. The lowest BCUT2D eigenvalue weighted by molar-refractivity contribution is -0.384. The number of hydrogen-bond acceptors (Lipinski definition) is 5. The fourth-order valence-electron chi connectivity index (χ4n) is 2.15. The molecule has 7 nitrogen and oxygen atoms in total. The van der Waals surface area contributed by atoms with Crippen LogP contribution in [0.25, 0.3) is 6.08 Å². The molecule has 0 bridgehead atoms. The first-order valence-electron chi connectivity index (χ1n) is 7.40. The molecule has 2 aromatic carbocycles. The van der Waals surface area contributed by atoms with Crippen molar-refractivity contribution in [2.24, 2.45) is 0 Å². The van der Waals surface area contributed by atoms with Crippen LogP contribution in [0.4, 0.5) is 11.4 Å². The highest BCUT2D eigenvalue weighted by Crippen LogP contribution is 2.26. The quantitative estimate of drug-likeness (QED) is 0.492. The van der Waals surface area contributed by atoms with E-state index in [1.54, 1.807) is 44.4 Å². The molecule has 130 valence electrons. The van der Waals surface area contributed by atoms with Crippen LogP contribution in [0.5, 0.6) is 11.5 Å². The molecule has 0 aliphatic heterocycles. The highest BCUT2D eigenvalue weighted by Gasteiger charge is 2.10. The lowest BCUT2D eigenvalue weighted by Crippen LogP contribution is -2.09. The van der Waals surface area contributed by atoms with Crippen molar-refractivity contribution in [2.45, 2.75) is 6.92 Å². The van der Waals surface area contributed by atoms with Gasteiger partial charge in [-0.1, -0.05) is 6.07 Å². The van der Waals surface area contributed by atoms with Crippen molar-refractivity contribution in [2.75, 3.05) is 19.5 Å². The summed E-state index contributed by atoms with van der Waals surface area (Å²) in [5, 5.41) is 13.5. The highest BCUT2D eigenvalue weighted by molar-refractivity contribution is 6.02. The van der Waals surface area contributed by atoms with Crippen LogP contribution in [-0.4, -0.2) is 25.1 Å². The Kier molecular flexibility index (Phi) is 5.73. The van der Waals surface area contributed by atoms with Gasteiger partial charge in [-0.05, 0) is 30.7 Å². The summed E-state index contributed by atoms with van der Waals surface area (Å²) in [6.07, 6.45) is 2.93. The zero-order valence-electron chi connectivity index (χ0n) is 14.1. The molecule has 2 rings (SSSR count). The Morgan fingerprint density at radius 2 is 1.92 bits per heavy atom.